The first-order chi connectivity index (χ1) is 5.63. The molecule has 0 aromatic carbocycles. The molecule has 0 N–H and O–H groups in total. The Balaban J connectivity index is 2.81. The maximum absolute atomic E-state index is 6.07. The molecular weight excluding hydrogens is 192 g/mol. The van der Waals surface area contributed by atoms with Crippen molar-refractivity contribution in [1.29, 1.82) is 0 Å². The average molecular weight is 205 g/mol. The van der Waals surface area contributed by atoms with E-state index in [2.05, 4.69) is 24.0 Å². The van der Waals surface area contributed by atoms with Crippen LogP contribution in [0.4, 0.5) is 0 Å². The number of hydrogen-bond acceptors (Lipinski definition) is 3. The third kappa shape index (κ3) is 2.17. The van der Waals surface area contributed by atoms with Gasteiger partial charge in [0.2, 0.25) is 0 Å². The van der Waals surface area contributed by atoms with Crippen LogP contribution in [0.25, 0.3) is 0 Å². The molecule has 1 heterocycles. The monoisotopic (exact) mass is 204 g/mol. The third-order valence-electron chi connectivity index (χ3n) is 1.88. The van der Waals surface area contributed by atoms with Crippen molar-refractivity contribution in [2.75, 3.05) is 0 Å². The molecule has 0 bridgehead atoms. The SMILES string of the molecule is CC(C)C(c1nncs1)C(C)Cl. The highest BCUT2D eigenvalue weighted by Gasteiger charge is 2.23. The Morgan fingerprint density at radius 2 is 2.08 bits per heavy atom. The van der Waals surface area contributed by atoms with E-state index in [9.17, 15) is 0 Å². The molecule has 1 aromatic heterocycles. The van der Waals surface area contributed by atoms with E-state index in [1.54, 1.807) is 16.8 Å². The molecule has 12 heavy (non-hydrogen) atoms. The zero-order valence-electron chi connectivity index (χ0n) is 7.49. The van der Waals surface area contributed by atoms with Crippen molar-refractivity contribution in [2.45, 2.75) is 32.1 Å². The van der Waals surface area contributed by atoms with E-state index in [1.165, 1.54) is 0 Å². The van der Waals surface area contributed by atoms with Gasteiger partial charge < -0.3 is 0 Å². The molecule has 0 amide bonds. The van der Waals surface area contributed by atoms with Gasteiger partial charge in [-0.15, -0.1) is 33.1 Å². The van der Waals surface area contributed by atoms with Crippen LogP contribution in [0, 0.1) is 5.92 Å². The lowest BCUT2D eigenvalue weighted by atomic mass is 9.94. The second-order valence-electron chi connectivity index (χ2n) is 3.22. The van der Waals surface area contributed by atoms with Crippen molar-refractivity contribution in [3.63, 3.8) is 0 Å². The lowest BCUT2D eigenvalue weighted by molar-refractivity contribution is 0.485. The molecule has 2 atom stereocenters. The van der Waals surface area contributed by atoms with E-state index in [-0.39, 0.29) is 5.38 Å². The molecule has 68 valence electrons. The van der Waals surface area contributed by atoms with E-state index >= 15 is 0 Å². The molecule has 0 aliphatic heterocycles. The number of aromatic nitrogens is 2. The Labute approximate surface area is 82.0 Å². The van der Waals surface area contributed by atoms with Crippen molar-refractivity contribution in [3.8, 4) is 0 Å². The van der Waals surface area contributed by atoms with Gasteiger partial charge in [-0.3, -0.25) is 0 Å². The Hall–Kier alpha value is -0.150. The highest BCUT2D eigenvalue weighted by atomic mass is 35.5. The molecular formula is C8H13ClN2S. The molecule has 0 aliphatic carbocycles. The van der Waals surface area contributed by atoms with E-state index in [4.69, 9.17) is 11.6 Å². The lowest BCUT2D eigenvalue weighted by Gasteiger charge is -2.19. The summed E-state index contributed by atoms with van der Waals surface area (Å²) in [5, 5.41) is 9.03. The van der Waals surface area contributed by atoms with Gasteiger partial charge >= 0.3 is 0 Å². The second kappa shape index (κ2) is 4.19. The summed E-state index contributed by atoms with van der Waals surface area (Å²) in [5.74, 6) is 0.851. The fourth-order valence-corrected chi connectivity index (χ4v) is 2.75. The summed E-state index contributed by atoms with van der Waals surface area (Å²) in [6, 6.07) is 0. The first kappa shape index (κ1) is 9.93. The summed E-state index contributed by atoms with van der Waals surface area (Å²) in [6.07, 6.45) is 0. The molecule has 0 spiro atoms. The highest BCUT2D eigenvalue weighted by Crippen LogP contribution is 2.31. The zero-order valence-corrected chi connectivity index (χ0v) is 9.06. The standard InChI is InChI=1S/C8H13ClN2S/c1-5(2)7(6(3)9)8-11-10-4-12-8/h4-7H,1-3H3. The molecule has 0 fully saturated rings. The first-order valence-corrected chi connectivity index (χ1v) is 5.34. The summed E-state index contributed by atoms with van der Waals surface area (Å²) in [6.45, 7) is 6.32. The molecule has 2 nitrogen and oxygen atoms in total. The van der Waals surface area contributed by atoms with Crippen LogP contribution in [0.3, 0.4) is 0 Å². The summed E-state index contributed by atoms with van der Waals surface area (Å²) < 4.78 is 0. The van der Waals surface area contributed by atoms with Gasteiger partial charge in [-0.2, -0.15) is 0 Å². The van der Waals surface area contributed by atoms with Gasteiger partial charge in [-0.05, 0) is 12.8 Å². The molecule has 0 aliphatic rings. The van der Waals surface area contributed by atoms with Gasteiger partial charge in [-0.25, -0.2) is 0 Å². The molecule has 1 aromatic rings. The van der Waals surface area contributed by atoms with Crippen LogP contribution in [-0.2, 0) is 0 Å². The van der Waals surface area contributed by atoms with E-state index < -0.39 is 0 Å². The zero-order chi connectivity index (χ0) is 9.14. The van der Waals surface area contributed by atoms with Crippen molar-refractivity contribution in [3.05, 3.63) is 10.5 Å². The fourth-order valence-electron chi connectivity index (χ4n) is 1.34. The number of hydrogen-bond donors (Lipinski definition) is 0. The minimum atomic E-state index is 0.123. The van der Waals surface area contributed by atoms with Crippen molar-refractivity contribution in [2.24, 2.45) is 5.92 Å². The first-order valence-electron chi connectivity index (χ1n) is 4.03. The predicted octanol–water partition coefficient (Wildman–Crippen LogP) is 2.91. The number of nitrogens with zero attached hydrogens (tertiary/aromatic N) is 2. The van der Waals surface area contributed by atoms with Crippen LogP contribution in [0.1, 0.15) is 31.7 Å². The molecule has 4 heteroatoms. The van der Waals surface area contributed by atoms with Crippen LogP contribution in [0.15, 0.2) is 5.51 Å². The molecule has 1 rings (SSSR count). The Bertz CT molecular complexity index is 213. The van der Waals surface area contributed by atoms with Gasteiger partial charge in [0.25, 0.3) is 0 Å². The van der Waals surface area contributed by atoms with Gasteiger partial charge in [0.15, 0.2) is 0 Å². The van der Waals surface area contributed by atoms with Gasteiger partial charge in [0, 0.05) is 11.3 Å². The maximum atomic E-state index is 6.07. The van der Waals surface area contributed by atoms with Gasteiger partial charge in [-0.1, -0.05) is 13.8 Å². The highest BCUT2D eigenvalue weighted by molar-refractivity contribution is 7.09. The van der Waals surface area contributed by atoms with E-state index in [0.29, 0.717) is 11.8 Å². The van der Waals surface area contributed by atoms with Crippen molar-refractivity contribution in [1.82, 2.24) is 10.2 Å². The summed E-state index contributed by atoms with van der Waals surface area (Å²) in [7, 11) is 0. The fraction of sp³-hybridized carbons (Fsp3) is 0.750. The molecule has 0 radical (unpaired) electrons. The minimum Gasteiger partial charge on any atom is -0.147 e. The molecule has 0 saturated heterocycles. The number of alkyl halides is 1. The van der Waals surface area contributed by atoms with Crippen molar-refractivity contribution >= 4 is 22.9 Å². The number of rotatable bonds is 3. The normalized spacial score (nSPS) is 16.4. The predicted molar refractivity (Wildman–Crippen MR) is 52.8 cm³/mol. The van der Waals surface area contributed by atoms with E-state index in [0.717, 1.165) is 5.01 Å². The smallest absolute Gasteiger partial charge is 0.122 e. The third-order valence-corrected chi connectivity index (χ3v) is 2.94. The van der Waals surface area contributed by atoms with Crippen LogP contribution in [-0.4, -0.2) is 15.6 Å². The summed E-state index contributed by atoms with van der Waals surface area (Å²) in [4.78, 5) is 0. The number of halogens is 1. The molecule has 0 saturated carbocycles. The van der Waals surface area contributed by atoms with Crippen LogP contribution in [0.2, 0.25) is 0 Å². The van der Waals surface area contributed by atoms with E-state index in [1.807, 2.05) is 6.92 Å². The van der Waals surface area contributed by atoms with Crippen LogP contribution < -0.4 is 0 Å². The Morgan fingerprint density at radius 1 is 1.42 bits per heavy atom. The topological polar surface area (TPSA) is 25.8 Å². The summed E-state index contributed by atoms with van der Waals surface area (Å²) >= 11 is 7.65. The quantitative estimate of drug-likeness (QED) is 0.708. The molecule has 2 unspecified atom stereocenters. The largest absolute Gasteiger partial charge is 0.147 e. The Morgan fingerprint density at radius 3 is 2.42 bits per heavy atom. The van der Waals surface area contributed by atoms with Gasteiger partial charge in [0.05, 0.1) is 0 Å². The maximum Gasteiger partial charge on any atom is 0.122 e. The Kier molecular flexibility index (Phi) is 3.47. The lowest BCUT2D eigenvalue weighted by Crippen LogP contribution is -2.15. The van der Waals surface area contributed by atoms with Gasteiger partial charge in [0.1, 0.15) is 10.5 Å². The summed E-state index contributed by atoms with van der Waals surface area (Å²) in [5.41, 5.74) is 1.75. The second-order valence-corrected chi connectivity index (χ2v) is 4.78. The van der Waals surface area contributed by atoms with Crippen molar-refractivity contribution < 1.29 is 0 Å². The average Bonchev–Trinajstić information content (AvgIpc) is 2.37. The van der Waals surface area contributed by atoms with Crippen LogP contribution in [0.5, 0.6) is 0 Å². The van der Waals surface area contributed by atoms with Crippen LogP contribution >= 0.6 is 22.9 Å². The minimum absolute atomic E-state index is 0.123.